The molecule has 2 heteroatoms. The van der Waals surface area contributed by atoms with Crippen molar-refractivity contribution in [3.8, 4) is 0 Å². The summed E-state index contributed by atoms with van der Waals surface area (Å²) in [5, 5.41) is 0. The van der Waals surface area contributed by atoms with E-state index in [1.807, 2.05) is 13.8 Å². The van der Waals surface area contributed by atoms with Gasteiger partial charge in [-0.1, -0.05) is 0 Å². The third-order valence-corrected chi connectivity index (χ3v) is 0.813. The second kappa shape index (κ2) is 0.950. The molecule has 1 fully saturated rings. The van der Waals surface area contributed by atoms with E-state index in [2.05, 4.69) is 0 Å². The van der Waals surface area contributed by atoms with Crippen LogP contribution in [0.5, 0.6) is 0 Å². The van der Waals surface area contributed by atoms with E-state index >= 15 is 0 Å². The molecule has 0 radical (unpaired) electrons. The fourth-order valence-corrected chi connectivity index (χ4v) is 0.295. The number of hydrogen-bond acceptors (Lipinski definition) is 2. The summed E-state index contributed by atoms with van der Waals surface area (Å²) in [6, 6.07) is 0. The third kappa shape index (κ3) is 0.533. The molecule has 6 heavy (non-hydrogen) atoms. The molecule has 0 atom stereocenters. The monoisotopic (exact) mass is 88.1 g/mol. The van der Waals surface area contributed by atoms with E-state index in [1.165, 1.54) is 0 Å². The van der Waals surface area contributed by atoms with Gasteiger partial charge in [0.1, 0.15) is 0 Å². The van der Waals surface area contributed by atoms with Gasteiger partial charge in [-0.15, -0.1) is 0 Å². The minimum Gasteiger partial charge on any atom is -0.324 e. The molecule has 0 saturated carbocycles. The highest BCUT2D eigenvalue weighted by Crippen LogP contribution is 2.19. The topological polar surface area (TPSA) is 18.5 Å². The van der Waals surface area contributed by atoms with Crippen molar-refractivity contribution < 1.29 is 9.47 Å². The summed E-state index contributed by atoms with van der Waals surface area (Å²) in [7, 11) is 0. The Hall–Kier alpha value is -0.0800. The van der Waals surface area contributed by atoms with E-state index in [0.717, 1.165) is 0 Å². The average molecular weight is 88.1 g/mol. The van der Waals surface area contributed by atoms with Gasteiger partial charge in [0.05, 0.1) is 0 Å². The highest BCUT2D eigenvalue weighted by molar-refractivity contribution is 4.56. The number of hydrogen-bond donors (Lipinski definition) is 0. The van der Waals surface area contributed by atoms with Crippen LogP contribution >= 0.6 is 0 Å². The first-order valence-electron chi connectivity index (χ1n) is 1.99. The van der Waals surface area contributed by atoms with Crippen LogP contribution in [0.1, 0.15) is 13.8 Å². The Bertz CT molecular complexity index is 52.6. The molecule has 0 N–H and O–H groups in total. The molecule has 1 aliphatic heterocycles. The predicted molar refractivity (Wildman–Crippen MR) is 21.1 cm³/mol. The van der Waals surface area contributed by atoms with Crippen molar-refractivity contribution in [2.75, 3.05) is 6.79 Å². The minimum absolute atomic E-state index is 0.278. The maximum absolute atomic E-state index is 4.90. The van der Waals surface area contributed by atoms with Crippen LogP contribution in [-0.4, -0.2) is 12.6 Å². The maximum atomic E-state index is 4.90. The smallest absolute Gasteiger partial charge is 0.168 e. The SMILES string of the molecule is CC1(C)OCO1. The number of rotatable bonds is 0. The van der Waals surface area contributed by atoms with E-state index in [4.69, 9.17) is 9.47 Å². The van der Waals surface area contributed by atoms with Crippen LogP contribution in [0.15, 0.2) is 0 Å². The summed E-state index contributed by atoms with van der Waals surface area (Å²) < 4.78 is 9.79. The fourth-order valence-electron chi connectivity index (χ4n) is 0.295. The molecule has 0 aromatic heterocycles. The van der Waals surface area contributed by atoms with E-state index in [0.29, 0.717) is 6.79 Å². The first-order valence-corrected chi connectivity index (χ1v) is 1.99. The van der Waals surface area contributed by atoms with Gasteiger partial charge >= 0.3 is 0 Å². The molecule has 1 rings (SSSR count). The van der Waals surface area contributed by atoms with Gasteiger partial charge in [-0.3, -0.25) is 0 Å². The van der Waals surface area contributed by atoms with E-state index in [-0.39, 0.29) is 5.79 Å². The van der Waals surface area contributed by atoms with E-state index in [9.17, 15) is 0 Å². The molecule has 0 unspecified atom stereocenters. The van der Waals surface area contributed by atoms with Gasteiger partial charge in [-0.05, 0) is 13.8 Å². The Morgan fingerprint density at radius 1 is 1.33 bits per heavy atom. The molecule has 0 aliphatic carbocycles. The molecule has 1 aliphatic rings. The quantitative estimate of drug-likeness (QED) is 0.434. The predicted octanol–water partition coefficient (Wildman–Crippen LogP) is 0.727. The lowest BCUT2D eigenvalue weighted by Crippen LogP contribution is -2.40. The molecule has 0 amide bonds. The molecule has 1 saturated heterocycles. The molecule has 36 valence electrons. The van der Waals surface area contributed by atoms with Crippen LogP contribution < -0.4 is 0 Å². The van der Waals surface area contributed by atoms with Gasteiger partial charge in [0, 0.05) is 0 Å². The molecular formula is C4H8O2. The second-order valence-corrected chi connectivity index (χ2v) is 1.81. The molecule has 1 heterocycles. The van der Waals surface area contributed by atoms with E-state index in [1.54, 1.807) is 0 Å². The molecule has 0 spiro atoms. The Kier molecular flexibility index (Phi) is 0.648. The summed E-state index contributed by atoms with van der Waals surface area (Å²) in [6.07, 6.45) is 0. The second-order valence-electron chi connectivity index (χ2n) is 1.81. The summed E-state index contributed by atoms with van der Waals surface area (Å²) >= 11 is 0. The molecular weight excluding hydrogens is 80.0 g/mol. The third-order valence-electron chi connectivity index (χ3n) is 0.813. The minimum atomic E-state index is -0.278. The normalized spacial score (nSPS) is 29.0. The Morgan fingerprint density at radius 3 is 1.67 bits per heavy atom. The lowest BCUT2D eigenvalue weighted by Gasteiger charge is -2.34. The summed E-state index contributed by atoms with van der Waals surface area (Å²) in [5.41, 5.74) is 0. The summed E-state index contributed by atoms with van der Waals surface area (Å²) in [5.74, 6) is -0.278. The highest BCUT2D eigenvalue weighted by Gasteiger charge is 2.27. The van der Waals surface area contributed by atoms with Crippen molar-refractivity contribution in [1.82, 2.24) is 0 Å². The van der Waals surface area contributed by atoms with Crippen molar-refractivity contribution in [3.05, 3.63) is 0 Å². The lowest BCUT2D eigenvalue weighted by atomic mass is 10.4. The zero-order valence-corrected chi connectivity index (χ0v) is 4.02. The van der Waals surface area contributed by atoms with Crippen LogP contribution in [0.3, 0.4) is 0 Å². The van der Waals surface area contributed by atoms with Gasteiger partial charge in [0.15, 0.2) is 12.6 Å². The summed E-state index contributed by atoms with van der Waals surface area (Å²) in [4.78, 5) is 0. The Labute approximate surface area is 37.1 Å². The Balaban J connectivity index is 2.31. The van der Waals surface area contributed by atoms with Crippen molar-refractivity contribution in [2.24, 2.45) is 0 Å². The van der Waals surface area contributed by atoms with Crippen LogP contribution in [0, 0.1) is 0 Å². The van der Waals surface area contributed by atoms with Crippen LogP contribution in [0.25, 0.3) is 0 Å². The Morgan fingerprint density at radius 2 is 1.67 bits per heavy atom. The van der Waals surface area contributed by atoms with Crippen LogP contribution in [0.2, 0.25) is 0 Å². The molecule has 0 aromatic rings. The van der Waals surface area contributed by atoms with Gasteiger partial charge in [-0.25, -0.2) is 0 Å². The zero-order valence-electron chi connectivity index (χ0n) is 4.02. The summed E-state index contributed by atoms with van der Waals surface area (Å²) in [6.45, 7) is 4.24. The highest BCUT2D eigenvalue weighted by atomic mass is 16.9. The van der Waals surface area contributed by atoms with E-state index < -0.39 is 0 Å². The number of ether oxygens (including phenoxy) is 2. The van der Waals surface area contributed by atoms with Crippen LogP contribution in [0.4, 0.5) is 0 Å². The standard InChI is InChI=1S/C4H8O2/c1-4(2)5-3-6-4/h3H2,1-2H3. The zero-order chi connectivity index (χ0) is 4.62. The molecule has 2 nitrogen and oxygen atoms in total. The van der Waals surface area contributed by atoms with Crippen molar-refractivity contribution in [3.63, 3.8) is 0 Å². The van der Waals surface area contributed by atoms with Crippen molar-refractivity contribution >= 4 is 0 Å². The molecule has 0 aromatic carbocycles. The van der Waals surface area contributed by atoms with Gasteiger partial charge in [0.2, 0.25) is 0 Å². The van der Waals surface area contributed by atoms with Crippen molar-refractivity contribution in [2.45, 2.75) is 19.6 Å². The first kappa shape index (κ1) is 4.09. The first-order chi connectivity index (χ1) is 2.71. The average Bonchev–Trinajstić information content (AvgIpc) is 1.32. The lowest BCUT2D eigenvalue weighted by molar-refractivity contribution is -0.379. The van der Waals surface area contributed by atoms with Gasteiger partial charge in [-0.2, -0.15) is 0 Å². The van der Waals surface area contributed by atoms with Gasteiger partial charge < -0.3 is 9.47 Å². The fraction of sp³-hybridized carbons (Fsp3) is 1.00. The van der Waals surface area contributed by atoms with Crippen LogP contribution in [-0.2, 0) is 9.47 Å². The van der Waals surface area contributed by atoms with Crippen molar-refractivity contribution in [1.29, 1.82) is 0 Å². The van der Waals surface area contributed by atoms with Gasteiger partial charge in [0.25, 0.3) is 0 Å². The molecule has 0 bridgehead atoms. The largest absolute Gasteiger partial charge is 0.324 e. The maximum Gasteiger partial charge on any atom is 0.168 e.